The number of aliphatic hydroxyl groups excluding tert-OH is 1. The first-order valence-corrected chi connectivity index (χ1v) is 15.9. The van der Waals surface area contributed by atoms with Gasteiger partial charge in [-0.2, -0.15) is 0 Å². The van der Waals surface area contributed by atoms with E-state index in [0.717, 1.165) is 91.3 Å². The first-order chi connectivity index (χ1) is 20.8. The van der Waals surface area contributed by atoms with Crippen molar-refractivity contribution < 1.29 is 14.6 Å². The lowest BCUT2D eigenvalue weighted by Gasteiger charge is -2.58. The third kappa shape index (κ3) is 3.81. The van der Waals surface area contributed by atoms with E-state index in [2.05, 4.69) is 32.2 Å². The number of nitrogens with two attached hydrogens (primary N) is 1. The van der Waals surface area contributed by atoms with E-state index in [1.54, 1.807) is 7.11 Å². The largest absolute Gasteiger partial charge is 0.494 e. The molecule has 1 spiro atoms. The number of imidazole rings is 1. The third-order valence-corrected chi connectivity index (χ3v) is 11.1. The number of nitrogens with zero attached hydrogens (tertiary/aromatic N) is 6. The molecule has 3 saturated carbocycles. The second-order valence-corrected chi connectivity index (χ2v) is 14.1. The summed E-state index contributed by atoms with van der Waals surface area (Å²) in [5, 5.41) is 10.9. The average Bonchev–Trinajstić information content (AvgIpc) is 3.38. The molecule has 2 aliphatic heterocycles. The van der Waals surface area contributed by atoms with Gasteiger partial charge in [-0.3, -0.25) is 4.79 Å². The molecule has 4 aromatic rings. The van der Waals surface area contributed by atoms with Gasteiger partial charge < -0.3 is 34.5 Å². The summed E-state index contributed by atoms with van der Waals surface area (Å²) in [6, 6.07) is 10.5. The molecule has 0 radical (unpaired) electrons. The fraction of sp³-hybridized carbons (Fsp3) is 0.545. The van der Waals surface area contributed by atoms with E-state index in [4.69, 9.17) is 20.4 Å². The summed E-state index contributed by atoms with van der Waals surface area (Å²) >= 11 is 0. The lowest BCUT2D eigenvalue weighted by molar-refractivity contribution is -0.0494. The molecule has 5 fully saturated rings. The Labute approximate surface area is 250 Å². The maximum Gasteiger partial charge on any atom is 0.254 e. The Balaban J connectivity index is 1.10. The Hall–Kier alpha value is -3.63. The smallest absolute Gasteiger partial charge is 0.254 e. The van der Waals surface area contributed by atoms with Crippen LogP contribution in [0.25, 0.3) is 33.6 Å². The van der Waals surface area contributed by atoms with Crippen LogP contribution in [0.15, 0.2) is 30.3 Å². The molecule has 3 N–H and O–H groups in total. The zero-order chi connectivity index (χ0) is 29.2. The molecule has 224 valence electrons. The van der Waals surface area contributed by atoms with Crippen molar-refractivity contribution in [1.29, 1.82) is 0 Å². The Kier molecular flexibility index (Phi) is 5.38. The summed E-state index contributed by atoms with van der Waals surface area (Å²) in [5.41, 5.74) is 10.9. The quantitative estimate of drug-likeness (QED) is 0.358. The lowest BCUT2D eigenvalue weighted by Crippen LogP contribution is -2.64. The van der Waals surface area contributed by atoms with Gasteiger partial charge in [0.2, 0.25) is 0 Å². The van der Waals surface area contributed by atoms with Crippen LogP contribution in [0.2, 0.25) is 0 Å². The van der Waals surface area contributed by atoms with Crippen molar-refractivity contribution in [2.75, 3.05) is 31.6 Å². The van der Waals surface area contributed by atoms with Crippen LogP contribution in [-0.4, -0.2) is 79.9 Å². The maximum atomic E-state index is 13.7. The number of hydrogen-bond donors (Lipinski definition) is 2. The van der Waals surface area contributed by atoms with Crippen LogP contribution in [0.3, 0.4) is 0 Å². The molecule has 5 heterocycles. The molecule has 9 rings (SSSR count). The molecule has 3 aliphatic carbocycles. The highest BCUT2D eigenvalue weighted by Gasteiger charge is 2.52. The number of likely N-dealkylation sites (tertiary alicyclic amines) is 1. The van der Waals surface area contributed by atoms with Crippen LogP contribution >= 0.6 is 0 Å². The topological polar surface area (TPSA) is 115 Å². The number of amides is 1. The van der Waals surface area contributed by atoms with Crippen LogP contribution < -0.4 is 15.4 Å². The van der Waals surface area contributed by atoms with Gasteiger partial charge in [-0.15, -0.1) is 0 Å². The highest BCUT2D eigenvalue weighted by Crippen LogP contribution is 2.49. The third-order valence-electron chi connectivity index (χ3n) is 11.1. The molecule has 2 bridgehead atoms. The number of benzene rings is 1. The fourth-order valence-corrected chi connectivity index (χ4v) is 8.61. The van der Waals surface area contributed by atoms with E-state index in [-0.39, 0.29) is 29.5 Å². The number of carbonyl (C=O) groups excluding carboxylic acids is 1. The van der Waals surface area contributed by atoms with Crippen molar-refractivity contribution in [2.45, 2.75) is 63.3 Å². The molecule has 2 saturated heterocycles. The van der Waals surface area contributed by atoms with E-state index in [1.807, 2.05) is 24.1 Å². The van der Waals surface area contributed by atoms with Gasteiger partial charge in [-0.25, -0.2) is 9.97 Å². The Morgan fingerprint density at radius 1 is 1.12 bits per heavy atom. The summed E-state index contributed by atoms with van der Waals surface area (Å²) < 4.78 is 10.3. The van der Waals surface area contributed by atoms with Crippen LogP contribution in [0.1, 0.15) is 48.9 Å². The standard InChI is InChI=1S/C33H39N7O3/c1-37-29-23(9-21(11-26(29)43-2)32(42)40-15-20-5-7-24(40)28(20)34)35-31(37)25-10-19-6-8-27(36-30(19)39(25)14-18-3-4-18)38-16-33(17-38)12-22(41)13-33/h6,8-11,18,20,22,24,28,41H,3-5,7,12-17,34H2,1-2H3/t20?,24?,28-/m1/s1. The summed E-state index contributed by atoms with van der Waals surface area (Å²) in [5.74, 6) is 3.56. The normalized spacial score (nSPS) is 26.1. The summed E-state index contributed by atoms with van der Waals surface area (Å²) in [7, 11) is 3.68. The Morgan fingerprint density at radius 3 is 2.60 bits per heavy atom. The van der Waals surface area contributed by atoms with Gasteiger partial charge in [0, 0.05) is 61.7 Å². The number of piperidine rings is 1. The zero-order valence-electron chi connectivity index (χ0n) is 24.9. The number of carbonyl (C=O) groups is 1. The van der Waals surface area contributed by atoms with Crippen molar-refractivity contribution in [3.05, 3.63) is 35.9 Å². The van der Waals surface area contributed by atoms with Gasteiger partial charge >= 0.3 is 0 Å². The van der Waals surface area contributed by atoms with Crippen LogP contribution in [-0.2, 0) is 13.6 Å². The van der Waals surface area contributed by atoms with Gasteiger partial charge in [0.1, 0.15) is 22.7 Å². The van der Waals surface area contributed by atoms with Crippen LogP contribution in [0, 0.1) is 17.3 Å². The molecule has 43 heavy (non-hydrogen) atoms. The Bertz CT molecular complexity index is 1790. The number of anilines is 1. The number of fused-ring (bicyclic) bond motifs is 4. The number of ether oxygens (including phenoxy) is 1. The highest BCUT2D eigenvalue weighted by molar-refractivity contribution is 6.00. The van der Waals surface area contributed by atoms with E-state index in [1.165, 1.54) is 12.8 Å². The number of hydrogen-bond acceptors (Lipinski definition) is 7. The van der Waals surface area contributed by atoms with Crippen LogP contribution in [0.5, 0.6) is 5.75 Å². The van der Waals surface area contributed by atoms with Crippen molar-refractivity contribution in [3.8, 4) is 17.3 Å². The van der Waals surface area contributed by atoms with Crippen molar-refractivity contribution >= 4 is 33.8 Å². The van der Waals surface area contributed by atoms with Gasteiger partial charge in [-0.1, -0.05) is 0 Å². The van der Waals surface area contributed by atoms with Gasteiger partial charge in [-0.05, 0) is 80.7 Å². The first kappa shape index (κ1) is 25.8. The van der Waals surface area contributed by atoms with E-state index in [9.17, 15) is 9.90 Å². The SMILES string of the molecule is COc1cc(C(=O)N2CC3CCC2[C@@H]3N)cc2nc(-c3cc4ccc(N5CC6(CC(O)C6)C5)nc4n3CC3CC3)n(C)c12. The Morgan fingerprint density at radius 2 is 1.93 bits per heavy atom. The minimum atomic E-state index is -0.134. The monoisotopic (exact) mass is 581 g/mol. The minimum Gasteiger partial charge on any atom is -0.494 e. The molecule has 10 heteroatoms. The molecular weight excluding hydrogens is 542 g/mol. The molecule has 2 unspecified atom stereocenters. The predicted molar refractivity (Wildman–Crippen MR) is 164 cm³/mol. The molecular formula is C33H39N7O3. The number of methoxy groups -OCH3 is 1. The molecule has 3 atom stereocenters. The number of aryl methyl sites for hydroxylation is 1. The predicted octanol–water partition coefficient (Wildman–Crippen LogP) is 3.53. The van der Waals surface area contributed by atoms with Crippen molar-refractivity contribution in [3.63, 3.8) is 0 Å². The average molecular weight is 582 g/mol. The number of pyridine rings is 1. The van der Waals surface area contributed by atoms with E-state index in [0.29, 0.717) is 23.1 Å². The van der Waals surface area contributed by atoms with Gasteiger partial charge in [0.05, 0.1) is 24.4 Å². The highest BCUT2D eigenvalue weighted by atomic mass is 16.5. The van der Waals surface area contributed by atoms with E-state index < -0.39 is 0 Å². The molecule has 3 aromatic heterocycles. The minimum absolute atomic E-state index is 0.0128. The maximum absolute atomic E-state index is 13.7. The summed E-state index contributed by atoms with van der Waals surface area (Å²) in [6.07, 6.45) is 6.24. The summed E-state index contributed by atoms with van der Waals surface area (Å²) in [6.45, 7) is 3.58. The number of aromatic nitrogens is 4. The van der Waals surface area contributed by atoms with Crippen LogP contribution in [0.4, 0.5) is 5.82 Å². The second-order valence-electron chi connectivity index (χ2n) is 14.1. The number of aliphatic hydroxyl groups is 1. The van der Waals surface area contributed by atoms with Crippen molar-refractivity contribution in [1.82, 2.24) is 24.0 Å². The number of rotatable bonds is 6. The molecule has 5 aliphatic rings. The van der Waals surface area contributed by atoms with Gasteiger partial charge in [0.25, 0.3) is 5.91 Å². The summed E-state index contributed by atoms with van der Waals surface area (Å²) in [4.78, 5) is 28.3. The molecule has 1 aromatic carbocycles. The zero-order valence-corrected chi connectivity index (χ0v) is 24.9. The van der Waals surface area contributed by atoms with Gasteiger partial charge in [0.15, 0.2) is 5.82 Å². The van der Waals surface area contributed by atoms with Crippen molar-refractivity contribution in [2.24, 2.45) is 30.0 Å². The fourth-order valence-electron chi connectivity index (χ4n) is 8.61. The van der Waals surface area contributed by atoms with E-state index >= 15 is 0 Å². The molecule has 1 amide bonds. The molecule has 10 nitrogen and oxygen atoms in total. The second kappa shape index (κ2) is 8.95. The lowest BCUT2D eigenvalue weighted by atomic mass is 9.62. The first-order valence-electron chi connectivity index (χ1n) is 15.9.